The molecule has 1 aromatic carbocycles. The van der Waals surface area contributed by atoms with Gasteiger partial charge in [-0.25, -0.2) is 0 Å². The lowest BCUT2D eigenvalue weighted by Gasteiger charge is -2.15. The Labute approximate surface area is 128 Å². The standard InChI is InChI=1S/C13H20ClIN2O/c1-10(8-16-5-6-18-2)17-9-11-7-12(14)3-4-13(11)15/h3-4,7,10,16-17H,5-6,8-9H2,1-2H3. The lowest BCUT2D eigenvalue weighted by Crippen LogP contribution is -2.37. The van der Waals surface area contributed by atoms with Gasteiger partial charge in [-0.15, -0.1) is 0 Å². The molecule has 5 heteroatoms. The summed E-state index contributed by atoms with van der Waals surface area (Å²) in [5.41, 5.74) is 1.24. The van der Waals surface area contributed by atoms with E-state index in [9.17, 15) is 0 Å². The second kappa shape index (κ2) is 9.09. The van der Waals surface area contributed by atoms with Gasteiger partial charge in [-0.3, -0.25) is 0 Å². The monoisotopic (exact) mass is 382 g/mol. The second-order valence-corrected chi connectivity index (χ2v) is 5.81. The van der Waals surface area contributed by atoms with E-state index in [-0.39, 0.29) is 0 Å². The fourth-order valence-electron chi connectivity index (χ4n) is 1.53. The number of nitrogens with one attached hydrogen (secondary N) is 2. The Bertz CT molecular complexity index is 363. The summed E-state index contributed by atoms with van der Waals surface area (Å²) >= 11 is 8.33. The molecule has 1 atom stereocenters. The summed E-state index contributed by atoms with van der Waals surface area (Å²) in [7, 11) is 1.71. The SMILES string of the molecule is COCCNCC(C)NCc1cc(Cl)ccc1I. The largest absolute Gasteiger partial charge is 0.383 e. The Kier molecular flexibility index (Phi) is 8.17. The van der Waals surface area contributed by atoms with E-state index in [1.54, 1.807) is 7.11 Å². The van der Waals surface area contributed by atoms with Crippen LogP contribution in [-0.4, -0.2) is 32.8 Å². The third-order valence-electron chi connectivity index (χ3n) is 2.58. The number of benzene rings is 1. The molecule has 1 rings (SSSR count). The van der Waals surface area contributed by atoms with Crippen molar-refractivity contribution in [2.75, 3.05) is 26.8 Å². The van der Waals surface area contributed by atoms with Crippen LogP contribution in [0.2, 0.25) is 5.02 Å². The highest BCUT2D eigenvalue weighted by molar-refractivity contribution is 14.1. The van der Waals surface area contributed by atoms with Crippen molar-refractivity contribution in [3.8, 4) is 0 Å². The summed E-state index contributed by atoms with van der Waals surface area (Å²) in [6.07, 6.45) is 0. The Morgan fingerprint density at radius 1 is 1.44 bits per heavy atom. The number of halogens is 2. The van der Waals surface area contributed by atoms with Gasteiger partial charge in [0.05, 0.1) is 6.61 Å². The summed E-state index contributed by atoms with van der Waals surface area (Å²) in [6, 6.07) is 6.39. The van der Waals surface area contributed by atoms with Crippen molar-refractivity contribution in [3.63, 3.8) is 0 Å². The van der Waals surface area contributed by atoms with Crippen LogP contribution in [0.25, 0.3) is 0 Å². The molecule has 0 spiro atoms. The van der Waals surface area contributed by atoms with E-state index >= 15 is 0 Å². The van der Waals surface area contributed by atoms with Crippen LogP contribution in [0.5, 0.6) is 0 Å². The van der Waals surface area contributed by atoms with Gasteiger partial charge in [-0.1, -0.05) is 11.6 Å². The Morgan fingerprint density at radius 2 is 2.22 bits per heavy atom. The highest BCUT2D eigenvalue weighted by Crippen LogP contribution is 2.17. The quantitative estimate of drug-likeness (QED) is 0.536. The molecule has 0 radical (unpaired) electrons. The molecule has 0 saturated heterocycles. The summed E-state index contributed by atoms with van der Waals surface area (Å²) in [5, 5.41) is 7.60. The minimum Gasteiger partial charge on any atom is -0.383 e. The van der Waals surface area contributed by atoms with E-state index in [2.05, 4.69) is 40.1 Å². The number of hydrogen-bond donors (Lipinski definition) is 2. The molecule has 18 heavy (non-hydrogen) atoms. The van der Waals surface area contributed by atoms with Crippen LogP contribution in [0.1, 0.15) is 12.5 Å². The predicted octanol–water partition coefficient (Wildman–Crippen LogP) is 2.66. The van der Waals surface area contributed by atoms with E-state index in [1.165, 1.54) is 9.13 Å². The van der Waals surface area contributed by atoms with Gasteiger partial charge in [-0.05, 0) is 53.3 Å². The normalized spacial score (nSPS) is 12.7. The van der Waals surface area contributed by atoms with Crippen LogP contribution < -0.4 is 10.6 Å². The van der Waals surface area contributed by atoms with E-state index < -0.39 is 0 Å². The van der Waals surface area contributed by atoms with Crippen molar-refractivity contribution in [1.82, 2.24) is 10.6 Å². The molecule has 0 saturated carbocycles. The molecule has 1 aromatic rings. The van der Waals surface area contributed by atoms with Crippen molar-refractivity contribution in [3.05, 3.63) is 32.4 Å². The number of ether oxygens (including phenoxy) is 1. The van der Waals surface area contributed by atoms with Crippen LogP contribution in [-0.2, 0) is 11.3 Å². The first-order valence-electron chi connectivity index (χ1n) is 6.00. The minimum atomic E-state index is 0.414. The molecule has 2 N–H and O–H groups in total. The Balaban J connectivity index is 2.29. The van der Waals surface area contributed by atoms with Gasteiger partial charge in [0.2, 0.25) is 0 Å². The van der Waals surface area contributed by atoms with Crippen LogP contribution in [0.15, 0.2) is 18.2 Å². The van der Waals surface area contributed by atoms with Gasteiger partial charge in [-0.2, -0.15) is 0 Å². The number of rotatable bonds is 8. The van der Waals surface area contributed by atoms with Gasteiger partial charge >= 0.3 is 0 Å². The molecule has 0 fully saturated rings. The van der Waals surface area contributed by atoms with Gasteiger partial charge < -0.3 is 15.4 Å². The van der Waals surface area contributed by atoms with Crippen LogP contribution >= 0.6 is 34.2 Å². The average molecular weight is 383 g/mol. The molecule has 3 nitrogen and oxygen atoms in total. The first kappa shape index (κ1) is 16.2. The van der Waals surface area contributed by atoms with E-state index in [0.717, 1.165) is 31.3 Å². The third kappa shape index (κ3) is 6.33. The molecule has 0 aliphatic carbocycles. The molecule has 0 heterocycles. The summed E-state index contributed by atoms with van der Waals surface area (Å²) in [6.45, 7) is 5.57. The van der Waals surface area contributed by atoms with E-state index in [1.807, 2.05) is 18.2 Å². The van der Waals surface area contributed by atoms with Crippen molar-refractivity contribution in [2.24, 2.45) is 0 Å². The van der Waals surface area contributed by atoms with Crippen molar-refractivity contribution in [2.45, 2.75) is 19.5 Å². The van der Waals surface area contributed by atoms with Crippen molar-refractivity contribution in [1.29, 1.82) is 0 Å². The van der Waals surface area contributed by atoms with Crippen LogP contribution in [0.4, 0.5) is 0 Å². The number of hydrogen-bond acceptors (Lipinski definition) is 3. The first-order chi connectivity index (χ1) is 8.63. The predicted molar refractivity (Wildman–Crippen MR) is 85.2 cm³/mol. The van der Waals surface area contributed by atoms with E-state index in [4.69, 9.17) is 16.3 Å². The fourth-order valence-corrected chi connectivity index (χ4v) is 2.25. The zero-order valence-electron chi connectivity index (χ0n) is 10.8. The van der Waals surface area contributed by atoms with Gasteiger partial charge in [0, 0.05) is 41.4 Å². The second-order valence-electron chi connectivity index (χ2n) is 4.21. The maximum absolute atomic E-state index is 5.99. The summed E-state index contributed by atoms with van der Waals surface area (Å²) in [4.78, 5) is 0. The Hall–Kier alpha value is 0.120. The van der Waals surface area contributed by atoms with E-state index in [0.29, 0.717) is 6.04 Å². The molecule has 0 aliphatic rings. The van der Waals surface area contributed by atoms with Gasteiger partial charge in [0.25, 0.3) is 0 Å². The average Bonchev–Trinajstić information content (AvgIpc) is 2.36. The fraction of sp³-hybridized carbons (Fsp3) is 0.538. The zero-order chi connectivity index (χ0) is 13.4. The maximum Gasteiger partial charge on any atom is 0.0587 e. The molecule has 0 aromatic heterocycles. The number of methoxy groups -OCH3 is 1. The first-order valence-corrected chi connectivity index (χ1v) is 7.46. The summed E-state index contributed by atoms with van der Waals surface area (Å²) in [5.74, 6) is 0. The molecular formula is C13H20ClIN2O. The lowest BCUT2D eigenvalue weighted by atomic mass is 10.2. The maximum atomic E-state index is 5.99. The van der Waals surface area contributed by atoms with Crippen LogP contribution in [0.3, 0.4) is 0 Å². The van der Waals surface area contributed by atoms with Crippen molar-refractivity contribution >= 4 is 34.2 Å². The van der Waals surface area contributed by atoms with Crippen molar-refractivity contribution < 1.29 is 4.74 Å². The Morgan fingerprint density at radius 3 is 2.94 bits per heavy atom. The van der Waals surface area contributed by atoms with Crippen LogP contribution in [0, 0.1) is 3.57 Å². The molecule has 1 unspecified atom stereocenters. The topological polar surface area (TPSA) is 33.3 Å². The molecular weight excluding hydrogens is 363 g/mol. The highest BCUT2D eigenvalue weighted by atomic mass is 127. The van der Waals surface area contributed by atoms with Gasteiger partial charge in [0.15, 0.2) is 0 Å². The molecule has 0 amide bonds. The smallest absolute Gasteiger partial charge is 0.0587 e. The molecule has 102 valence electrons. The molecule has 0 aliphatic heterocycles. The molecule has 0 bridgehead atoms. The highest BCUT2D eigenvalue weighted by Gasteiger charge is 2.04. The van der Waals surface area contributed by atoms with Gasteiger partial charge in [0.1, 0.15) is 0 Å². The lowest BCUT2D eigenvalue weighted by molar-refractivity contribution is 0.198. The zero-order valence-corrected chi connectivity index (χ0v) is 13.7. The summed E-state index contributed by atoms with van der Waals surface area (Å²) < 4.78 is 6.22. The third-order valence-corrected chi connectivity index (χ3v) is 3.87. The minimum absolute atomic E-state index is 0.414.